The molecule has 60 valence electrons. The number of hydrogen-bond acceptors (Lipinski definition) is 3. The molecule has 1 fully saturated rings. The van der Waals surface area contributed by atoms with Gasteiger partial charge in [0.1, 0.15) is 0 Å². The molecule has 1 heterocycles. The van der Waals surface area contributed by atoms with Crippen molar-refractivity contribution in [1.29, 1.82) is 0 Å². The Bertz CT molecular complexity index is 122. The van der Waals surface area contributed by atoms with E-state index in [-0.39, 0.29) is 5.91 Å². The Hall–Kier alpha value is 0.314. The highest BCUT2D eigenvalue weighted by atomic mass is 28.4. The molecule has 3 nitrogen and oxygen atoms in total. The van der Waals surface area contributed by atoms with Crippen molar-refractivity contribution in [3.8, 4) is 0 Å². The van der Waals surface area contributed by atoms with E-state index in [2.05, 4.69) is 26.2 Å². The molecule has 1 aliphatic heterocycles. The van der Waals surface area contributed by atoms with E-state index >= 15 is 0 Å². The maximum absolute atomic E-state index is 5.79. The molecule has 0 spiro atoms. The van der Waals surface area contributed by atoms with Gasteiger partial charge in [-0.25, -0.2) is 9.78 Å². The molecule has 0 N–H and O–H groups in total. The molecule has 0 unspecified atom stereocenters. The van der Waals surface area contributed by atoms with Crippen molar-refractivity contribution in [3.05, 3.63) is 0 Å². The van der Waals surface area contributed by atoms with Crippen molar-refractivity contribution in [2.24, 2.45) is 0 Å². The minimum absolute atomic E-state index is 0.00222. The molecular formula is C5H14O3Si2. The monoisotopic (exact) mass is 178 g/mol. The molecule has 0 atom stereocenters. The van der Waals surface area contributed by atoms with Crippen molar-refractivity contribution in [2.45, 2.75) is 32.1 Å². The molecule has 0 aromatic rings. The van der Waals surface area contributed by atoms with Gasteiger partial charge in [-0.3, -0.25) is 0 Å². The lowest BCUT2D eigenvalue weighted by molar-refractivity contribution is 0.0850. The Morgan fingerprint density at radius 2 is 1.80 bits per heavy atom. The highest BCUT2D eigenvalue weighted by Crippen LogP contribution is 2.26. The highest BCUT2D eigenvalue weighted by molar-refractivity contribution is 6.78. The lowest BCUT2D eigenvalue weighted by atomic mass is 11.6. The fourth-order valence-corrected chi connectivity index (χ4v) is 6.75. The minimum Gasteiger partial charge on any atom is -0.455 e. The molecule has 0 aliphatic carbocycles. The van der Waals surface area contributed by atoms with E-state index in [1.807, 2.05) is 0 Å². The molecule has 0 bridgehead atoms. The van der Waals surface area contributed by atoms with Gasteiger partial charge in [0.15, 0.2) is 9.04 Å². The van der Waals surface area contributed by atoms with Crippen molar-refractivity contribution < 1.29 is 13.9 Å². The molecule has 1 aliphatic rings. The van der Waals surface area contributed by atoms with Crippen LogP contribution in [0, 0.1) is 0 Å². The van der Waals surface area contributed by atoms with Gasteiger partial charge in [0.2, 0.25) is 14.2 Å². The topological polar surface area (TPSA) is 34.3 Å². The van der Waals surface area contributed by atoms with Gasteiger partial charge in [-0.2, -0.15) is 0 Å². The first-order chi connectivity index (χ1) is 4.52. The third-order valence-electron chi connectivity index (χ3n) is 1.30. The summed E-state index contributed by atoms with van der Waals surface area (Å²) in [5.41, 5.74) is 0. The fourth-order valence-electron chi connectivity index (χ4n) is 0.923. The van der Waals surface area contributed by atoms with Crippen LogP contribution in [0.25, 0.3) is 0 Å². The summed E-state index contributed by atoms with van der Waals surface area (Å²) in [7, 11) is -2.53. The van der Waals surface area contributed by atoms with Crippen LogP contribution in [0.15, 0.2) is 0 Å². The van der Waals surface area contributed by atoms with Crippen LogP contribution in [0.3, 0.4) is 0 Å². The van der Waals surface area contributed by atoms with Crippen LogP contribution in [-0.2, 0) is 13.9 Å². The molecule has 0 amide bonds. The van der Waals surface area contributed by atoms with E-state index in [9.17, 15) is 0 Å². The van der Waals surface area contributed by atoms with Crippen LogP contribution in [0.4, 0.5) is 0 Å². The average Bonchev–Trinajstić information content (AvgIpc) is 2.35. The third kappa shape index (κ3) is 2.17. The summed E-state index contributed by atoms with van der Waals surface area (Å²) in [5.74, 6) is 0.00222. The zero-order valence-electron chi connectivity index (χ0n) is 6.88. The number of rotatable bonds is 3. The van der Waals surface area contributed by atoms with Crippen molar-refractivity contribution >= 4 is 17.4 Å². The molecule has 0 saturated carbocycles. The van der Waals surface area contributed by atoms with Gasteiger partial charge in [0.25, 0.3) is 0 Å². The van der Waals surface area contributed by atoms with Crippen molar-refractivity contribution in [1.82, 2.24) is 0 Å². The summed E-state index contributed by atoms with van der Waals surface area (Å²) in [6.45, 7) is 8.57. The smallest absolute Gasteiger partial charge is 0.244 e. The second-order valence-corrected chi connectivity index (χ2v) is 10.0. The standard InChI is InChI=1S/C5H14O3Si2/c1-9(2)8-10(3,4)5-6-7-5/h5,9H,1-4H3. The zero-order chi connectivity index (χ0) is 7.78. The summed E-state index contributed by atoms with van der Waals surface area (Å²) in [6.07, 6.45) is 0. The van der Waals surface area contributed by atoms with Crippen LogP contribution in [0.5, 0.6) is 0 Å². The molecule has 1 saturated heterocycles. The third-order valence-corrected chi connectivity index (χ3v) is 6.94. The van der Waals surface area contributed by atoms with Crippen LogP contribution in [0.2, 0.25) is 26.2 Å². The van der Waals surface area contributed by atoms with E-state index < -0.39 is 17.4 Å². The summed E-state index contributed by atoms with van der Waals surface area (Å²) in [6, 6.07) is 0. The average molecular weight is 178 g/mol. The van der Waals surface area contributed by atoms with Crippen LogP contribution in [0.1, 0.15) is 0 Å². The van der Waals surface area contributed by atoms with Gasteiger partial charge in [-0.1, -0.05) is 0 Å². The molecule has 10 heavy (non-hydrogen) atoms. The van der Waals surface area contributed by atoms with E-state index in [1.165, 1.54) is 0 Å². The SMILES string of the molecule is C[SiH](C)O[Si](C)(C)C1OO1. The second-order valence-electron chi connectivity index (χ2n) is 3.29. The van der Waals surface area contributed by atoms with Crippen LogP contribution < -0.4 is 0 Å². The Kier molecular flexibility index (Phi) is 2.31. The predicted molar refractivity (Wildman–Crippen MR) is 43.4 cm³/mol. The van der Waals surface area contributed by atoms with Crippen LogP contribution in [-0.4, -0.2) is 23.3 Å². The van der Waals surface area contributed by atoms with E-state index in [0.29, 0.717) is 0 Å². The van der Waals surface area contributed by atoms with Crippen LogP contribution >= 0.6 is 0 Å². The predicted octanol–water partition coefficient (Wildman–Crippen LogP) is 1.02. The minimum atomic E-state index is -1.62. The van der Waals surface area contributed by atoms with Gasteiger partial charge >= 0.3 is 0 Å². The summed E-state index contributed by atoms with van der Waals surface area (Å²) < 4.78 is 5.79. The maximum Gasteiger partial charge on any atom is 0.244 e. The second kappa shape index (κ2) is 2.75. The molecule has 0 aromatic carbocycles. The quantitative estimate of drug-likeness (QED) is 0.367. The molecule has 0 radical (unpaired) electrons. The maximum atomic E-state index is 5.79. The van der Waals surface area contributed by atoms with Gasteiger partial charge < -0.3 is 4.12 Å². The normalized spacial score (nSPS) is 20.1. The highest BCUT2D eigenvalue weighted by Gasteiger charge is 2.47. The largest absolute Gasteiger partial charge is 0.455 e. The van der Waals surface area contributed by atoms with Gasteiger partial charge in [0.05, 0.1) is 0 Å². The summed E-state index contributed by atoms with van der Waals surface area (Å²) in [4.78, 5) is 9.47. The Morgan fingerprint density at radius 1 is 1.30 bits per heavy atom. The van der Waals surface area contributed by atoms with Crippen molar-refractivity contribution in [3.63, 3.8) is 0 Å². The first kappa shape index (κ1) is 8.41. The van der Waals surface area contributed by atoms with Gasteiger partial charge in [-0.05, 0) is 26.2 Å². The molecule has 1 rings (SSSR count). The molecule has 0 aromatic heterocycles. The lowest BCUT2D eigenvalue weighted by Crippen LogP contribution is -2.41. The van der Waals surface area contributed by atoms with Gasteiger partial charge in [-0.15, -0.1) is 0 Å². The first-order valence-corrected chi connectivity index (χ1v) is 9.29. The van der Waals surface area contributed by atoms with E-state index in [0.717, 1.165) is 0 Å². The lowest BCUT2D eigenvalue weighted by Gasteiger charge is -2.20. The Balaban J connectivity index is 2.34. The Morgan fingerprint density at radius 3 is 2.10 bits per heavy atom. The van der Waals surface area contributed by atoms with E-state index in [1.54, 1.807) is 0 Å². The first-order valence-electron chi connectivity index (χ1n) is 3.52. The molecule has 5 heteroatoms. The van der Waals surface area contributed by atoms with E-state index in [4.69, 9.17) is 13.9 Å². The fraction of sp³-hybridized carbons (Fsp3) is 1.00. The summed E-state index contributed by atoms with van der Waals surface area (Å²) >= 11 is 0. The summed E-state index contributed by atoms with van der Waals surface area (Å²) in [5, 5.41) is 0. The van der Waals surface area contributed by atoms with Gasteiger partial charge in [0, 0.05) is 0 Å². The molecular weight excluding hydrogens is 164 g/mol. The Labute approximate surface area is 64.1 Å². The zero-order valence-corrected chi connectivity index (χ0v) is 9.03. The number of hydrogen-bond donors (Lipinski definition) is 0. The van der Waals surface area contributed by atoms with Crippen molar-refractivity contribution in [2.75, 3.05) is 0 Å².